The van der Waals surface area contributed by atoms with Crippen LogP contribution in [0.3, 0.4) is 0 Å². The summed E-state index contributed by atoms with van der Waals surface area (Å²) in [6, 6.07) is 4.12. The van der Waals surface area contributed by atoms with Crippen molar-refractivity contribution in [3.8, 4) is 11.5 Å². The lowest BCUT2D eigenvalue weighted by atomic mass is 10.1. The smallest absolute Gasteiger partial charge is 0.266 e. The van der Waals surface area contributed by atoms with Gasteiger partial charge < -0.3 is 19.4 Å². The van der Waals surface area contributed by atoms with Crippen molar-refractivity contribution in [2.75, 3.05) is 14.2 Å². The Balaban J connectivity index is 2.37. The number of ether oxygens (including phenoxy) is 2. The molecule has 0 bridgehead atoms. The first-order valence-corrected chi connectivity index (χ1v) is 8.35. The van der Waals surface area contributed by atoms with E-state index in [2.05, 4.69) is 0 Å². The number of carboxylic acid groups (broad SMARTS) is 1. The van der Waals surface area contributed by atoms with E-state index in [0.717, 1.165) is 16.7 Å². The molecular weight excluding hydrogens is 350 g/mol. The fraction of sp³-hybridized carbons (Fsp3) is 0.312. The molecule has 1 aliphatic heterocycles. The van der Waals surface area contributed by atoms with Gasteiger partial charge in [-0.15, -0.1) is 0 Å². The Bertz CT molecular complexity index is 716. The second-order valence-electron chi connectivity index (χ2n) is 4.90. The lowest BCUT2D eigenvalue weighted by molar-refractivity contribution is -0.310. The summed E-state index contributed by atoms with van der Waals surface area (Å²) < 4.78 is 10.6. The Hall–Kier alpha value is -2.06. The molecule has 2 rings (SSSR count). The molecule has 8 heteroatoms. The van der Waals surface area contributed by atoms with Crippen LogP contribution in [0.25, 0.3) is 6.08 Å². The van der Waals surface area contributed by atoms with Crippen LogP contribution in [0.15, 0.2) is 23.1 Å². The minimum absolute atomic E-state index is 0.203. The molecule has 1 aliphatic rings. The van der Waals surface area contributed by atoms with Crippen molar-refractivity contribution in [2.24, 2.45) is 0 Å². The second-order valence-corrected chi connectivity index (χ2v) is 6.58. The number of carbonyl (C=O) groups is 2. The fourth-order valence-electron chi connectivity index (χ4n) is 2.28. The summed E-state index contributed by atoms with van der Waals surface area (Å²) in [6.45, 7) is 1.66. The summed E-state index contributed by atoms with van der Waals surface area (Å²) in [7, 11) is 3.06. The Kier molecular flexibility index (Phi) is 5.84. The maximum Gasteiger partial charge on any atom is 0.266 e. The van der Waals surface area contributed by atoms with Crippen LogP contribution in [0.5, 0.6) is 11.5 Å². The number of thiocarbonyl (C=S) groups is 1. The zero-order valence-corrected chi connectivity index (χ0v) is 15.0. The normalized spacial score (nSPS) is 17.3. The molecule has 24 heavy (non-hydrogen) atoms. The van der Waals surface area contributed by atoms with Crippen molar-refractivity contribution in [3.63, 3.8) is 0 Å². The Labute approximate surface area is 149 Å². The zero-order chi connectivity index (χ0) is 17.9. The predicted molar refractivity (Wildman–Crippen MR) is 93.6 cm³/mol. The van der Waals surface area contributed by atoms with Crippen LogP contribution in [0, 0.1) is 0 Å². The summed E-state index contributed by atoms with van der Waals surface area (Å²) >= 11 is 6.22. The highest BCUT2D eigenvalue weighted by molar-refractivity contribution is 8.26. The van der Waals surface area contributed by atoms with Crippen LogP contribution in [-0.2, 0) is 9.59 Å². The molecule has 0 saturated carbocycles. The highest BCUT2D eigenvalue weighted by atomic mass is 32.2. The van der Waals surface area contributed by atoms with Gasteiger partial charge in [-0.1, -0.05) is 30.9 Å². The number of benzene rings is 1. The van der Waals surface area contributed by atoms with E-state index in [1.54, 1.807) is 38.3 Å². The number of methoxy groups -OCH3 is 2. The van der Waals surface area contributed by atoms with Crippen molar-refractivity contribution >= 4 is 46.3 Å². The molecule has 1 atom stereocenters. The highest BCUT2D eigenvalue weighted by Gasteiger charge is 2.37. The monoisotopic (exact) mass is 366 g/mol. The minimum Gasteiger partial charge on any atom is -0.548 e. The number of aliphatic carboxylic acids is 1. The zero-order valence-electron chi connectivity index (χ0n) is 13.4. The van der Waals surface area contributed by atoms with Gasteiger partial charge in [-0.2, -0.15) is 0 Å². The van der Waals surface area contributed by atoms with Gasteiger partial charge in [-0.3, -0.25) is 9.69 Å². The van der Waals surface area contributed by atoms with Crippen LogP contribution in [-0.4, -0.2) is 41.4 Å². The largest absolute Gasteiger partial charge is 0.548 e. The maximum absolute atomic E-state index is 12.5. The van der Waals surface area contributed by atoms with Crippen molar-refractivity contribution in [3.05, 3.63) is 28.7 Å². The van der Waals surface area contributed by atoms with Gasteiger partial charge in [-0.05, 0) is 24.6 Å². The quantitative estimate of drug-likeness (QED) is 0.557. The third-order valence-electron chi connectivity index (χ3n) is 3.52. The van der Waals surface area contributed by atoms with E-state index in [4.69, 9.17) is 21.7 Å². The third kappa shape index (κ3) is 3.54. The molecule has 1 saturated heterocycles. The third-order valence-corrected chi connectivity index (χ3v) is 4.85. The average Bonchev–Trinajstić information content (AvgIpc) is 2.83. The number of carboxylic acids is 1. The predicted octanol–water partition coefficient (Wildman–Crippen LogP) is 1.43. The fourth-order valence-corrected chi connectivity index (χ4v) is 3.63. The first-order chi connectivity index (χ1) is 11.4. The van der Waals surface area contributed by atoms with Gasteiger partial charge in [0.25, 0.3) is 5.91 Å². The van der Waals surface area contributed by atoms with E-state index in [1.807, 2.05) is 0 Å². The van der Waals surface area contributed by atoms with E-state index < -0.39 is 17.9 Å². The summed E-state index contributed by atoms with van der Waals surface area (Å²) in [6.07, 6.45) is 1.84. The molecule has 1 heterocycles. The lowest BCUT2D eigenvalue weighted by Gasteiger charge is -2.26. The van der Waals surface area contributed by atoms with Crippen molar-refractivity contribution in [1.82, 2.24) is 4.90 Å². The van der Waals surface area contributed by atoms with Crippen LogP contribution in [0.1, 0.15) is 18.9 Å². The molecule has 0 aromatic heterocycles. The van der Waals surface area contributed by atoms with Gasteiger partial charge in [0.2, 0.25) is 0 Å². The molecule has 0 unspecified atom stereocenters. The molecule has 0 radical (unpaired) electrons. The number of amides is 1. The van der Waals surface area contributed by atoms with E-state index in [1.165, 1.54) is 7.11 Å². The molecule has 128 valence electrons. The molecule has 0 spiro atoms. The molecule has 6 nitrogen and oxygen atoms in total. The molecule has 1 amide bonds. The summed E-state index contributed by atoms with van der Waals surface area (Å²) in [4.78, 5) is 25.2. The molecule has 1 aromatic carbocycles. The number of rotatable bonds is 6. The number of carbonyl (C=O) groups excluding carboxylic acids is 2. The van der Waals surface area contributed by atoms with E-state index >= 15 is 0 Å². The summed E-state index contributed by atoms with van der Waals surface area (Å²) in [5, 5.41) is 11.2. The van der Waals surface area contributed by atoms with Crippen LogP contribution in [0.4, 0.5) is 0 Å². The number of hydrogen-bond donors (Lipinski definition) is 0. The molecule has 0 aliphatic carbocycles. The van der Waals surface area contributed by atoms with E-state index in [-0.39, 0.29) is 10.7 Å². The Morgan fingerprint density at radius 1 is 1.42 bits per heavy atom. The first kappa shape index (κ1) is 18.3. The van der Waals surface area contributed by atoms with Crippen molar-refractivity contribution in [2.45, 2.75) is 19.4 Å². The Morgan fingerprint density at radius 3 is 2.67 bits per heavy atom. The summed E-state index contributed by atoms with van der Waals surface area (Å²) in [5.41, 5.74) is 0.667. The van der Waals surface area contributed by atoms with Gasteiger partial charge in [0.1, 0.15) is 15.8 Å². The second kappa shape index (κ2) is 7.67. The van der Waals surface area contributed by atoms with E-state index in [0.29, 0.717) is 22.0 Å². The molecule has 1 fully saturated rings. The van der Waals surface area contributed by atoms with Gasteiger partial charge in [0.15, 0.2) is 0 Å². The first-order valence-electron chi connectivity index (χ1n) is 7.12. The number of hydrogen-bond acceptors (Lipinski definition) is 7. The standard InChI is InChI=1S/C16H17NO5S2/c1-4-11(15(19)20)17-14(18)13(24-16(17)23)7-9-5-6-10(21-2)8-12(9)22-3/h5-8,11H,4H2,1-3H3,(H,19,20)/p-1/b13-7-/t11-/m1/s1. The van der Waals surface area contributed by atoms with Crippen molar-refractivity contribution in [1.29, 1.82) is 0 Å². The van der Waals surface area contributed by atoms with Crippen LogP contribution in [0.2, 0.25) is 0 Å². The van der Waals surface area contributed by atoms with Gasteiger partial charge in [0, 0.05) is 11.6 Å². The maximum atomic E-state index is 12.5. The average molecular weight is 366 g/mol. The minimum atomic E-state index is -1.32. The number of thioether (sulfide) groups is 1. The topological polar surface area (TPSA) is 78.9 Å². The lowest BCUT2D eigenvalue weighted by Crippen LogP contribution is -2.49. The highest BCUT2D eigenvalue weighted by Crippen LogP contribution is 2.36. The molecule has 0 N–H and O–H groups in total. The van der Waals surface area contributed by atoms with Gasteiger partial charge >= 0.3 is 0 Å². The van der Waals surface area contributed by atoms with Crippen LogP contribution < -0.4 is 14.6 Å². The SMILES string of the molecule is CC[C@H](C(=O)[O-])N1C(=O)/C(=C/c2ccc(OC)cc2OC)SC1=S. The number of nitrogens with zero attached hydrogens (tertiary/aromatic N) is 1. The van der Waals surface area contributed by atoms with E-state index in [9.17, 15) is 14.7 Å². The van der Waals surface area contributed by atoms with Gasteiger partial charge in [0.05, 0.1) is 31.1 Å². The summed E-state index contributed by atoms with van der Waals surface area (Å²) in [5.74, 6) is -0.609. The Morgan fingerprint density at radius 2 is 2.12 bits per heavy atom. The van der Waals surface area contributed by atoms with Crippen molar-refractivity contribution < 1.29 is 24.2 Å². The molecule has 1 aromatic rings. The van der Waals surface area contributed by atoms with Crippen LogP contribution >= 0.6 is 24.0 Å². The molecular formula is C16H16NO5S2-. The van der Waals surface area contributed by atoms with Gasteiger partial charge in [-0.25, -0.2) is 0 Å².